The van der Waals surface area contributed by atoms with Gasteiger partial charge in [-0.2, -0.15) is 0 Å². The van der Waals surface area contributed by atoms with Crippen molar-refractivity contribution in [3.05, 3.63) is 86.8 Å². The Kier molecular flexibility index (Phi) is 19.4. The minimum Gasteiger partial charge on any atom is -0.378 e. The summed E-state index contributed by atoms with van der Waals surface area (Å²) in [6, 6.07) is 8.04. The monoisotopic (exact) mass is 1100 g/mol. The molecule has 0 spiro atoms. The van der Waals surface area contributed by atoms with E-state index in [0.717, 1.165) is 88.3 Å². The molecule has 1 aliphatic carbocycles. The summed E-state index contributed by atoms with van der Waals surface area (Å²) in [5, 5.41) is 15.9. The number of hydrogen-bond acceptors (Lipinski definition) is 15. The molecule has 2 aliphatic heterocycles. The zero-order valence-corrected chi connectivity index (χ0v) is 45.8. The van der Waals surface area contributed by atoms with Crippen LogP contribution in [0.1, 0.15) is 80.9 Å². The molecule has 1 saturated carbocycles. The fourth-order valence-corrected chi connectivity index (χ4v) is 11.0. The van der Waals surface area contributed by atoms with Gasteiger partial charge in [0.2, 0.25) is 11.8 Å². The van der Waals surface area contributed by atoms with Gasteiger partial charge in [0.25, 0.3) is 17.7 Å². The summed E-state index contributed by atoms with van der Waals surface area (Å²) in [5.74, 6) is -2.23. The molecule has 24 heteroatoms. The number of aryl methyl sites for hydroxylation is 3. The third-order valence-corrected chi connectivity index (χ3v) is 15.7. The summed E-state index contributed by atoms with van der Waals surface area (Å²) < 4.78 is 42.3. The smallest absolute Gasteiger partial charge is 0.271 e. The highest BCUT2D eigenvalue weighted by Crippen LogP contribution is 2.32. The first-order valence-electron chi connectivity index (χ1n) is 26.2. The van der Waals surface area contributed by atoms with Gasteiger partial charge in [-0.1, -0.05) is 54.3 Å². The lowest BCUT2D eigenvalue weighted by Crippen LogP contribution is -2.59. The Morgan fingerprint density at radius 2 is 1.56 bits per heavy atom. The van der Waals surface area contributed by atoms with E-state index in [2.05, 4.69) is 51.3 Å². The average Bonchev–Trinajstić information content (AvgIpc) is 4.10. The molecule has 3 aliphatic rings. The van der Waals surface area contributed by atoms with E-state index < -0.39 is 35.5 Å². The van der Waals surface area contributed by atoms with Crippen molar-refractivity contribution < 1.29 is 42.2 Å². The van der Waals surface area contributed by atoms with Gasteiger partial charge < -0.3 is 55.3 Å². The number of hydrogen-bond donors (Lipinski definition) is 5. The molecular weight excluding hydrogens is 1040 g/mol. The normalized spacial score (nSPS) is 16.3. The number of carbonyl (C=O) groups excluding carboxylic acids is 5. The number of fused-ring (bicyclic) bond motifs is 1. The predicted molar refractivity (Wildman–Crippen MR) is 291 cm³/mol. The second-order valence-corrected chi connectivity index (χ2v) is 21.0. The van der Waals surface area contributed by atoms with Gasteiger partial charge in [-0.25, -0.2) is 23.7 Å². The van der Waals surface area contributed by atoms with Crippen LogP contribution in [0, 0.1) is 31.4 Å². The van der Waals surface area contributed by atoms with Crippen LogP contribution in [0.15, 0.2) is 42.6 Å². The third kappa shape index (κ3) is 14.0. The zero-order valence-electron chi connectivity index (χ0n) is 44.2. The highest BCUT2D eigenvalue weighted by Gasteiger charge is 2.38. The number of aromatic nitrogens is 4. The summed E-state index contributed by atoms with van der Waals surface area (Å²) in [4.78, 5) is 89.9. The van der Waals surface area contributed by atoms with Crippen molar-refractivity contribution in [3.8, 4) is 0 Å². The van der Waals surface area contributed by atoms with Gasteiger partial charge in [-0.15, -0.1) is 0 Å². The first-order valence-corrected chi connectivity index (χ1v) is 27.4. The molecule has 3 fully saturated rings. The zero-order chi connectivity index (χ0) is 54.8. The fraction of sp³-hybridized carbons (Fsp3) is 0.509. The van der Waals surface area contributed by atoms with Crippen molar-refractivity contribution in [1.29, 1.82) is 0 Å². The van der Waals surface area contributed by atoms with E-state index in [4.69, 9.17) is 21.1 Å². The number of rotatable bonds is 21. The Hall–Kier alpha value is -6.37. The average molecular weight is 1100 g/mol. The van der Waals surface area contributed by atoms with E-state index in [9.17, 15) is 32.8 Å². The van der Waals surface area contributed by atoms with Crippen molar-refractivity contribution in [2.45, 2.75) is 65.0 Å². The number of halogens is 3. The molecule has 3 aromatic heterocycles. The summed E-state index contributed by atoms with van der Waals surface area (Å²) in [6.07, 6.45) is 6.24. The molecule has 2 aromatic carbocycles. The maximum Gasteiger partial charge on any atom is 0.271 e. The Morgan fingerprint density at radius 1 is 0.857 bits per heavy atom. The first-order chi connectivity index (χ1) is 37.1. The number of carbonyl (C=O) groups is 5. The highest BCUT2D eigenvalue weighted by atomic mass is 35.5. The van der Waals surface area contributed by atoms with Crippen LogP contribution in [0.25, 0.3) is 10.9 Å². The molecule has 2 atom stereocenters. The van der Waals surface area contributed by atoms with Crippen LogP contribution in [0.4, 0.5) is 31.2 Å². The van der Waals surface area contributed by atoms with E-state index >= 15 is 0 Å². The van der Waals surface area contributed by atoms with E-state index in [1.165, 1.54) is 34.0 Å². The van der Waals surface area contributed by atoms with Crippen LogP contribution in [0.2, 0.25) is 5.02 Å². The topological polar surface area (TPSA) is 221 Å². The second kappa shape index (κ2) is 26.3. The number of piperazine rings is 2. The van der Waals surface area contributed by atoms with E-state index in [1.807, 2.05) is 32.0 Å². The minimum atomic E-state index is -1.16. The number of anilines is 4. The summed E-state index contributed by atoms with van der Waals surface area (Å²) in [5.41, 5.74) is 1.47. The van der Waals surface area contributed by atoms with Crippen molar-refractivity contribution >= 4 is 85.8 Å². The van der Waals surface area contributed by atoms with Gasteiger partial charge in [0.1, 0.15) is 34.1 Å². The molecule has 5 amide bonds. The largest absolute Gasteiger partial charge is 0.378 e. The quantitative estimate of drug-likeness (QED) is 0.0573. The SMILES string of the molecule is CN[C@@H](C)C(=O)N[C@H](C(=O)N1CCN(C(=O)c2c(C(=O)NCCOCCOCCN3CCN(c4cc(Nc5ncc(C(=O)Nc6c(C)cccc6Cl)s5)nc(C)n4)CC3)c3cc(F)c(F)cc3n2C)CC1)C1CCCCC1. The Balaban J connectivity index is 0.760. The van der Waals surface area contributed by atoms with Gasteiger partial charge in [0, 0.05) is 90.0 Å². The van der Waals surface area contributed by atoms with Crippen molar-refractivity contribution in [2.75, 3.05) is 114 Å². The molecule has 2 saturated heterocycles. The number of nitrogens with one attached hydrogen (secondary N) is 5. The first kappa shape index (κ1) is 56.8. The summed E-state index contributed by atoms with van der Waals surface area (Å²) >= 11 is 7.51. The number of nitrogens with zero attached hydrogens (tertiary/aromatic N) is 8. The maximum atomic E-state index is 14.7. The molecule has 5 N–H and O–H groups in total. The molecule has 5 aromatic rings. The fourth-order valence-electron chi connectivity index (χ4n) is 9.98. The summed E-state index contributed by atoms with van der Waals surface area (Å²) in [7, 11) is 3.22. The lowest BCUT2D eigenvalue weighted by Gasteiger charge is -2.39. The Labute approximate surface area is 455 Å². The number of likely N-dealkylation sites (N-methyl/N-ethyl adjacent to an activating group) is 1. The molecule has 77 heavy (non-hydrogen) atoms. The standard InChI is InChI=1S/C53H68ClF2N13O7S/c1-32-10-9-13-37(54)45(32)63-49(71)41-31-59-53(77-41)62-42-30-43(61-34(3)60-42)67-17-15-66(16-18-67)23-25-76-27-26-75-24-14-58-50(72)44-36-28-38(55)39(56)29-40(36)65(5)47(44)52(74)69-21-19-68(20-22-69)51(73)46(35-11-7-6-8-12-35)64-48(70)33(2)57-4/h9-10,13,28-31,33,35,46,57H,6-8,11-12,14-27H2,1-5H3,(H,58,72)(H,63,71)(H,64,70)(H,59,60,61,62)/t33-,46-/m0/s1. The number of para-hydroxylation sites is 1. The third-order valence-electron chi connectivity index (χ3n) is 14.5. The van der Waals surface area contributed by atoms with Gasteiger partial charge in [-0.3, -0.25) is 28.9 Å². The van der Waals surface area contributed by atoms with E-state index in [-0.39, 0.29) is 91.7 Å². The van der Waals surface area contributed by atoms with Crippen LogP contribution in [-0.2, 0) is 26.1 Å². The Morgan fingerprint density at radius 3 is 2.27 bits per heavy atom. The summed E-state index contributed by atoms with van der Waals surface area (Å²) in [6.45, 7) is 11.2. The number of thiazole rings is 1. The minimum absolute atomic E-state index is 0.0110. The molecule has 0 radical (unpaired) electrons. The van der Waals surface area contributed by atoms with E-state index in [0.29, 0.717) is 45.6 Å². The highest BCUT2D eigenvalue weighted by molar-refractivity contribution is 7.17. The number of amides is 5. The molecular formula is C53H68ClF2N13O7S. The van der Waals surface area contributed by atoms with Gasteiger partial charge in [0.05, 0.1) is 60.5 Å². The van der Waals surface area contributed by atoms with Gasteiger partial charge in [-0.05, 0) is 64.3 Å². The molecule has 414 valence electrons. The lowest BCUT2D eigenvalue weighted by molar-refractivity contribution is -0.140. The molecule has 0 unspecified atom stereocenters. The van der Waals surface area contributed by atoms with Crippen molar-refractivity contribution in [3.63, 3.8) is 0 Å². The maximum absolute atomic E-state index is 14.7. The van der Waals surface area contributed by atoms with Crippen LogP contribution >= 0.6 is 22.9 Å². The van der Waals surface area contributed by atoms with Crippen LogP contribution in [-0.4, -0.2) is 175 Å². The van der Waals surface area contributed by atoms with Crippen LogP contribution in [0.3, 0.4) is 0 Å². The molecule has 0 bridgehead atoms. The molecule has 20 nitrogen and oxygen atoms in total. The second-order valence-electron chi connectivity index (χ2n) is 19.6. The van der Waals surface area contributed by atoms with Crippen LogP contribution < -0.4 is 31.5 Å². The Bertz CT molecular complexity index is 2900. The van der Waals surface area contributed by atoms with E-state index in [1.54, 1.807) is 24.9 Å². The molecule has 8 rings (SSSR count). The lowest BCUT2D eigenvalue weighted by atomic mass is 9.83. The van der Waals surface area contributed by atoms with Crippen molar-refractivity contribution in [2.24, 2.45) is 13.0 Å². The van der Waals surface area contributed by atoms with Gasteiger partial charge in [0.15, 0.2) is 16.8 Å². The number of ether oxygens (including phenoxy) is 2. The van der Waals surface area contributed by atoms with Crippen LogP contribution in [0.5, 0.6) is 0 Å². The van der Waals surface area contributed by atoms with Crippen molar-refractivity contribution in [1.82, 2.24) is 50.2 Å². The number of benzene rings is 2. The van der Waals surface area contributed by atoms with Gasteiger partial charge >= 0.3 is 0 Å². The molecule has 5 heterocycles. The predicted octanol–water partition coefficient (Wildman–Crippen LogP) is 5.51.